The van der Waals surface area contributed by atoms with E-state index in [-0.39, 0.29) is 28.1 Å². The summed E-state index contributed by atoms with van der Waals surface area (Å²) < 4.78 is 6.24. The van der Waals surface area contributed by atoms with Crippen LogP contribution in [0.4, 0.5) is 0 Å². The lowest BCUT2D eigenvalue weighted by Gasteiger charge is -2.53. The van der Waals surface area contributed by atoms with Gasteiger partial charge < -0.3 is 25.0 Å². The molecule has 0 aromatic heterocycles. The largest absolute Gasteiger partial charge is 0.504 e. The molecular weight excluding hydrogens is 405 g/mol. The van der Waals surface area contributed by atoms with Gasteiger partial charge in [-0.05, 0) is 67.2 Å². The van der Waals surface area contributed by atoms with Crippen molar-refractivity contribution in [3.05, 3.63) is 18.2 Å². The molecule has 1 aliphatic heterocycles. The van der Waals surface area contributed by atoms with Crippen molar-refractivity contribution in [1.29, 1.82) is 0 Å². The zero-order valence-electron chi connectivity index (χ0n) is 20.3. The second kappa shape index (κ2) is 9.28. The number of fused-ring (bicyclic) bond motifs is 2. The molecule has 3 rings (SSSR count). The van der Waals surface area contributed by atoms with Crippen molar-refractivity contribution >= 4 is 18.2 Å². The van der Waals surface area contributed by atoms with Crippen molar-refractivity contribution < 1.29 is 25.0 Å². The molecule has 1 aromatic carbocycles. The van der Waals surface area contributed by atoms with Gasteiger partial charge in [-0.25, -0.2) is 0 Å². The Morgan fingerprint density at radius 3 is 2.38 bits per heavy atom. The van der Waals surface area contributed by atoms with Crippen LogP contribution in [0, 0.1) is 16.7 Å². The third-order valence-electron chi connectivity index (χ3n) is 8.31. The Kier molecular flexibility index (Phi) is 7.23. The molecule has 0 saturated heterocycles. The minimum Gasteiger partial charge on any atom is -0.504 e. The number of allylic oxidation sites excluding steroid dienone is 1. The number of rotatable bonds is 4. The summed E-state index contributed by atoms with van der Waals surface area (Å²) in [5.41, 5.74) is 1.06. The second-order valence-corrected chi connectivity index (χ2v) is 10.5. The average Bonchev–Trinajstić information content (AvgIpc) is 2.72. The predicted octanol–water partition coefficient (Wildman–Crippen LogP) is 3.51. The summed E-state index contributed by atoms with van der Waals surface area (Å²) in [7, 11) is -1.98. The van der Waals surface area contributed by atoms with Crippen LogP contribution in [0.5, 0.6) is 17.2 Å². The van der Waals surface area contributed by atoms with Crippen LogP contribution in [-0.4, -0.2) is 58.0 Å². The lowest BCUT2D eigenvalue weighted by atomic mass is 9.52. The molecule has 1 aliphatic carbocycles. The molecule has 4 N–H and O–H groups in total. The summed E-state index contributed by atoms with van der Waals surface area (Å²) in [6, 6.07) is 1.63. The van der Waals surface area contributed by atoms with Gasteiger partial charge in [0, 0.05) is 11.6 Å². The van der Waals surface area contributed by atoms with Gasteiger partial charge >= 0.3 is 7.12 Å². The van der Waals surface area contributed by atoms with E-state index in [0.717, 1.165) is 50.8 Å². The molecule has 1 fully saturated rings. The minimum absolute atomic E-state index is 0.127. The van der Waals surface area contributed by atoms with Gasteiger partial charge in [0.05, 0.1) is 5.46 Å². The fourth-order valence-corrected chi connectivity index (χ4v) is 6.43. The maximum Gasteiger partial charge on any atom is 0.496 e. The number of phenolic OH excluding ortho intramolecular Hbond substituents is 2. The van der Waals surface area contributed by atoms with Gasteiger partial charge in [-0.2, -0.15) is 0 Å². The molecule has 32 heavy (non-hydrogen) atoms. The number of phenols is 2. The van der Waals surface area contributed by atoms with Crippen LogP contribution in [0.15, 0.2) is 12.6 Å². The van der Waals surface area contributed by atoms with Crippen LogP contribution < -0.4 is 10.2 Å². The molecule has 7 heteroatoms. The zero-order chi connectivity index (χ0) is 23.8. The summed E-state index contributed by atoms with van der Waals surface area (Å²) in [5.74, 6) is -0.376. The quantitative estimate of drug-likeness (QED) is 0.419. The van der Waals surface area contributed by atoms with E-state index < -0.39 is 18.6 Å². The Balaban J connectivity index is 2.23. The molecule has 1 heterocycles. The number of hydrogen-bond donors (Lipinski definition) is 4. The molecule has 0 radical (unpaired) electrons. The standard InChI is InChI=1S/C25H40BNO5/c1-7-27(8-2)17-10-11-20-24(4,5)12-9-13-25(20,6)16(3)18-14-19(28)22(29)21(26(30)31)23(18)32-15-17/h14,17,20,28-31H,3,7-13,15H2,1-2,4-6H3/t17?,20-,25+/m1/s1. The van der Waals surface area contributed by atoms with Crippen LogP contribution in [0.25, 0.3) is 5.57 Å². The number of likely N-dealkylation sites (N-methyl/N-ethyl adjacent to an activating group) is 1. The first kappa shape index (κ1) is 24.9. The molecule has 1 unspecified atom stereocenters. The lowest BCUT2D eigenvalue weighted by molar-refractivity contribution is 0.0216. The first-order valence-electron chi connectivity index (χ1n) is 12.0. The van der Waals surface area contributed by atoms with Crippen LogP contribution in [-0.2, 0) is 0 Å². The van der Waals surface area contributed by atoms with Gasteiger partial charge in [0.15, 0.2) is 11.5 Å². The van der Waals surface area contributed by atoms with Gasteiger partial charge in [0.1, 0.15) is 12.4 Å². The SMILES string of the molecule is C=C1c2cc(O)c(O)c(B(O)O)c2OCC(N(CC)CC)CC[C@@H]2C(C)(C)CCC[C@@]12C. The van der Waals surface area contributed by atoms with Crippen LogP contribution >= 0.6 is 0 Å². The summed E-state index contributed by atoms with van der Waals surface area (Å²) in [6.45, 7) is 17.8. The van der Waals surface area contributed by atoms with Gasteiger partial charge in [-0.15, -0.1) is 0 Å². The van der Waals surface area contributed by atoms with Crippen LogP contribution in [0.1, 0.15) is 72.3 Å². The molecule has 0 spiro atoms. The Hall–Kier alpha value is -1.70. The fraction of sp³-hybridized carbons (Fsp3) is 0.680. The Labute approximate surface area is 193 Å². The number of aromatic hydroxyl groups is 2. The van der Waals surface area contributed by atoms with E-state index in [1.165, 1.54) is 6.07 Å². The van der Waals surface area contributed by atoms with Crippen molar-refractivity contribution in [2.45, 2.75) is 72.8 Å². The molecule has 0 bridgehead atoms. The highest BCUT2D eigenvalue weighted by Gasteiger charge is 2.49. The van der Waals surface area contributed by atoms with Crippen molar-refractivity contribution in [2.75, 3.05) is 19.7 Å². The van der Waals surface area contributed by atoms with Gasteiger partial charge in [-0.1, -0.05) is 47.6 Å². The summed E-state index contributed by atoms with van der Waals surface area (Å²) in [6.07, 6.45) is 5.21. The van der Waals surface area contributed by atoms with Crippen LogP contribution in [0.2, 0.25) is 0 Å². The second-order valence-electron chi connectivity index (χ2n) is 10.5. The third-order valence-corrected chi connectivity index (χ3v) is 8.31. The molecule has 3 atom stereocenters. The first-order chi connectivity index (χ1) is 15.0. The van der Waals surface area contributed by atoms with Crippen molar-refractivity contribution in [3.63, 3.8) is 0 Å². The lowest BCUT2D eigenvalue weighted by Crippen LogP contribution is -2.46. The number of hydrogen-bond acceptors (Lipinski definition) is 6. The number of ether oxygens (including phenoxy) is 1. The van der Waals surface area contributed by atoms with E-state index in [4.69, 9.17) is 4.74 Å². The highest BCUT2D eigenvalue weighted by Crippen LogP contribution is 2.59. The Morgan fingerprint density at radius 1 is 1.12 bits per heavy atom. The van der Waals surface area contributed by atoms with Crippen molar-refractivity contribution in [2.24, 2.45) is 16.7 Å². The maximum atomic E-state index is 10.5. The molecule has 6 nitrogen and oxygen atoms in total. The van der Waals surface area contributed by atoms with E-state index in [2.05, 4.69) is 46.1 Å². The van der Waals surface area contributed by atoms with E-state index in [1.54, 1.807) is 0 Å². The molecule has 178 valence electrons. The molecule has 1 saturated carbocycles. The first-order valence-corrected chi connectivity index (χ1v) is 12.0. The summed E-state index contributed by atoms with van der Waals surface area (Å²) >= 11 is 0. The van der Waals surface area contributed by atoms with E-state index in [9.17, 15) is 20.3 Å². The zero-order valence-corrected chi connectivity index (χ0v) is 20.3. The monoisotopic (exact) mass is 445 g/mol. The van der Waals surface area contributed by atoms with E-state index in [0.29, 0.717) is 18.1 Å². The van der Waals surface area contributed by atoms with Gasteiger partial charge in [-0.3, -0.25) is 4.90 Å². The van der Waals surface area contributed by atoms with E-state index >= 15 is 0 Å². The molecule has 2 aliphatic rings. The highest BCUT2D eigenvalue weighted by atomic mass is 16.5. The number of nitrogens with zero attached hydrogens (tertiary/aromatic N) is 1. The summed E-state index contributed by atoms with van der Waals surface area (Å²) in [5, 5.41) is 41.0. The summed E-state index contributed by atoms with van der Waals surface area (Å²) in [4.78, 5) is 2.37. The fourth-order valence-electron chi connectivity index (χ4n) is 6.43. The molecular formula is C25H40BNO5. The van der Waals surface area contributed by atoms with Crippen molar-refractivity contribution in [1.82, 2.24) is 4.90 Å². The normalized spacial score (nSPS) is 27.9. The third kappa shape index (κ3) is 4.27. The van der Waals surface area contributed by atoms with E-state index in [1.807, 2.05) is 0 Å². The molecule has 1 aromatic rings. The highest BCUT2D eigenvalue weighted by molar-refractivity contribution is 6.61. The number of benzene rings is 1. The topological polar surface area (TPSA) is 93.4 Å². The average molecular weight is 445 g/mol. The van der Waals surface area contributed by atoms with Crippen molar-refractivity contribution in [3.8, 4) is 17.2 Å². The smallest absolute Gasteiger partial charge is 0.496 e. The maximum absolute atomic E-state index is 10.5. The molecule has 0 amide bonds. The van der Waals surface area contributed by atoms with Gasteiger partial charge in [0.2, 0.25) is 0 Å². The predicted molar refractivity (Wildman–Crippen MR) is 129 cm³/mol. The minimum atomic E-state index is -1.98. The van der Waals surface area contributed by atoms with Crippen LogP contribution in [0.3, 0.4) is 0 Å². The van der Waals surface area contributed by atoms with Gasteiger partial charge in [0.25, 0.3) is 0 Å². The Bertz CT molecular complexity index is 851. The Morgan fingerprint density at radius 2 is 1.78 bits per heavy atom.